The molecular formula is C12H24F3IN4O. The van der Waals surface area contributed by atoms with E-state index in [-0.39, 0.29) is 30.0 Å². The Balaban J connectivity index is 0.00000400. The second-order valence-corrected chi connectivity index (χ2v) is 4.73. The molecule has 0 aromatic carbocycles. The molecule has 9 heteroatoms. The molecule has 1 heterocycles. The first-order valence-corrected chi connectivity index (χ1v) is 6.77. The van der Waals surface area contributed by atoms with E-state index < -0.39 is 12.7 Å². The first kappa shape index (κ1) is 20.7. The number of nitrogens with zero attached hydrogens (tertiary/aromatic N) is 2. The van der Waals surface area contributed by atoms with Gasteiger partial charge in [0.25, 0.3) is 0 Å². The molecule has 1 aliphatic rings. The van der Waals surface area contributed by atoms with E-state index in [4.69, 9.17) is 4.74 Å². The molecular weight excluding hydrogens is 400 g/mol. The summed E-state index contributed by atoms with van der Waals surface area (Å²) in [7, 11) is 1.60. The molecule has 0 bridgehead atoms. The zero-order chi connectivity index (χ0) is 15.0. The van der Waals surface area contributed by atoms with E-state index in [1.54, 1.807) is 7.11 Å². The Hall–Kier alpha value is -0.290. The Bertz CT molecular complexity index is 315. The summed E-state index contributed by atoms with van der Waals surface area (Å²) in [6, 6.07) is -0.00213. The Morgan fingerprint density at radius 2 is 2.14 bits per heavy atom. The van der Waals surface area contributed by atoms with E-state index in [2.05, 4.69) is 15.6 Å². The maximum atomic E-state index is 12.3. The van der Waals surface area contributed by atoms with Crippen LogP contribution in [0.25, 0.3) is 0 Å². The third-order valence-corrected chi connectivity index (χ3v) is 2.93. The average Bonchev–Trinajstić information content (AvgIpc) is 2.74. The van der Waals surface area contributed by atoms with Crippen LogP contribution in [0, 0.1) is 0 Å². The van der Waals surface area contributed by atoms with E-state index in [9.17, 15) is 13.2 Å². The SMILES string of the molecule is CCNC(=NCCOC)NC1CCN(CC(F)(F)F)C1.I. The number of hydrogen-bond donors (Lipinski definition) is 2. The van der Waals surface area contributed by atoms with Gasteiger partial charge in [0.1, 0.15) is 0 Å². The largest absolute Gasteiger partial charge is 0.401 e. The van der Waals surface area contributed by atoms with E-state index in [1.807, 2.05) is 6.92 Å². The van der Waals surface area contributed by atoms with Crippen molar-refractivity contribution in [2.24, 2.45) is 4.99 Å². The number of guanidine groups is 1. The van der Waals surface area contributed by atoms with Crippen molar-refractivity contribution < 1.29 is 17.9 Å². The lowest BCUT2D eigenvalue weighted by atomic mass is 10.3. The summed E-state index contributed by atoms with van der Waals surface area (Å²) >= 11 is 0. The van der Waals surface area contributed by atoms with Gasteiger partial charge in [-0.05, 0) is 13.3 Å². The van der Waals surface area contributed by atoms with Gasteiger partial charge in [-0.3, -0.25) is 9.89 Å². The van der Waals surface area contributed by atoms with Crippen molar-refractivity contribution in [1.29, 1.82) is 0 Å². The van der Waals surface area contributed by atoms with Crippen molar-refractivity contribution in [2.75, 3.05) is 46.4 Å². The highest BCUT2D eigenvalue weighted by Crippen LogP contribution is 2.19. The molecule has 1 unspecified atom stereocenters. The second kappa shape index (κ2) is 10.4. The molecule has 1 atom stereocenters. The normalized spacial score (nSPS) is 20.2. The number of aliphatic imine (C=N–C) groups is 1. The third-order valence-electron chi connectivity index (χ3n) is 2.93. The lowest BCUT2D eigenvalue weighted by Crippen LogP contribution is -2.45. The summed E-state index contributed by atoms with van der Waals surface area (Å²) in [6.45, 7) is 3.67. The van der Waals surface area contributed by atoms with Gasteiger partial charge in [-0.15, -0.1) is 24.0 Å². The van der Waals surface area contributed by atoms with Gasteiger partial charge in [0, 0.05) is 32.8 Å². The topological polar surface area (TPSA) is 48.9 Å². The molecule has 0 aromatic heterocycles. The van der Waals surface area contributed by atoms with E-state index >= 15 is 0 Å². The number of methoxy groups -OCH3 is 1. The predicted octanol–water partition coefficient (Wildman–Crippen LogP) is 1.44. The van der Waals surface area contributed by atoms with Gasteiger partial charge >= 0.3 is 6.18 Å². The van der Waals surface area contributed by atoms with Gasteiger partial charge in [0.2, 0.25) is 0 Å². The first-order valence-electron chi connectivity index (χ1n) is 6.77. The highest BCUT2D eigenvalue weighted by atomic mass is 127. The number of nitrogens with one attached hydrogen (secondary N) is 2. The number of ether oxygens (including phenoxy) is 1. The lowest BCUT2D eigenvalue weighted by molar-refractivity contribution is -0.143. The summed E-state index contributed by atoms with van der Waals surface area (Å²) < 4.78 is 41.9. The van der Waals surface area contributed by atoms with Gasteiger partial charge in [-0.2, -0.15) is 13.2 Å². The maximum absolute atomic E-state index is 12.3. The summed E-state index contributed by atoms with van der Waals surface area (Å²) in [5, 5.41) is 6.24. The maximum Gasteiger partial charge on any atom is 0.401 e. The van der Waals surface area contributed by atoms with Crippen molar-refractivity contribution in [3.63, 3.8) is 0 Å². The van der Waals surface area contributed by atoms with Gasteiger partial charge in [-0.25, -0.2) is 0 Å². The summed E-state index contributed by atoms with van der Waals surface area (Å²) in [5.41, 5.74) is 0. The van der Waals surface area contributed by atoms with Crippen LogP contribution in [0.5, 0.6) is 0 Å². The van der Waals surface area contributed by atoms with Gasteiger partial charge in [0.05, 0.1) is 19.7 Å². The first-order chi connectivity index (χ1) is 9.44. The standard InChI is InChI=1S/C12H23F3N4O.HI/c1-3-16-11(17-5-7-20-2)18-10-4-6-19(8-10)9-12(13,14)15;/h10H,3-9H2,1-2H3,(H2,16,17,18);1H. The molecule has 1 aliphatic heterocycles. The molecule has 0 radical (unpaired) electrons. The van der Waals surface area contributed by atoms with Crippen LogP contribution in [-0.4, -0.2) is 69.5 Å². The second-order valence-electron chi connectivity index (χ2n) is 4.73. The predicted molar refractivity (Wildman–Crippen MR) is 87.3 cm³/mol. The molecule has 1 saturated heterocycles. The quantitative estimate of drug-likeness (QED) is 0.293. The van der Waals surface area contributed by atoms with Crippen LogP contribution >= 0.6 is 24.0 Å². The summed E-state index contributed by atoms with van der Waals surface area (Å²) in [4.78, 5) is 5.71. The minimum absolute atomic E-state index is 0. The average molecular weight is 424 g/mol. The van der Waals surface area contributed by atoms with Crippen LogP contribution in [-0.2, 0) is 4.74 Å². The highest BCUT2D eigenvalue weighted by Gasteiger charge is 2.34. The zero-order valence-electron chi connectivity index (χ0n) is 12.4. The van der Waals surface area contributed by atoms with Gasteiger partial charge in [-0.1, -0.05) is 0 Å². The molecule has 0 aliphatic carbocycles. The van der Waals surface area contributed by atoms with E-state index in [0.29, 0.717) is 45.2 Å². The summed E-state index contributed by atoms with van der Waals surface area (Å²) in [5.74, 6) is 0.628. The van der Waals surface area contributed by atoms with Crippen LogP contribution in [0.1, 0.15) is 13.3 Å². The van der Waals surface area contributed by atoms with Gasteiger partial charge < -0.3 is 15.4 Å². The fraction of sp³-hybridized carbons (Fsp3) is 0.917. The molecule has 1 rings (SSSR count). The number of alkyl halides is 3. The van der Waals surface area contributed by atoms with Crippen molar-refractivity contribution in [3.8, 4) is 0 Å². The lowest BCUT2D eigenvalue weighted by Gasteiger charge is -2.19. The number of rotatable bonds is 6. The van der Waals surface area contributed by atoms with E-state index in [1.165, 1.54) is 4.90 Å². The molecule has 5 nitrogen and oxygen atoms in total. The number of likely N-dealkylation sites (tertiary alicyclic amines) is 1. The Morgan fingerprint density at radius 1 is 1.43 bits per heavy atom. The fourth-order valence-electron chi connectivity index (χ4n) is 2.11. The monoisotopic (exact) mass is 424 g/mol. The van der Waals surface area contributed by atoms with E-state index in [0.717, 1.165) is 0 Å². The summed E-state index contributed by atoms with van der Waals surface area (Å²) in [6.07, 6.45) is -3.45. The molecule has 1 fully saturated rings. The van der Waals surface area contributed by atoms with Crippen LogP contribution < -0.4 is 10.6 Å². The molecule has 21 heavy (non-hydrogen) atoms. The van der Waals surface area contributed by atoms with Crippen LogP contribution in [0.3, 0.4) is 0 Å². The fourth-order valence-corrected chi connectivity index (χ4v) is 2.11. The minimum Gasteiger partial charge on any atom is -0.383 e. The molecule has 126 valence electrons. The van der Waals surface area contributed by atoms with Crippen LogP contribution in [0.4, 0.5) is 13.2 Å². The highest BCUT2D eigenvalue weighted by molar-refractivity contribution is 14.0. The van der Waals surface area contributed by atoms with Gasteiger partial charge in [0.15, 0.2) is 5.96 Å². The van der Waals surface area contributed by atoms with Crippen molar-refractivity contribution in [1.82, 2.24) is 15.5 Å². The van der Waals surface area contributed by atoms with Crippen LogP contribution in [0.2, 0.25) is 0 Å². The smallest absolute Gasteiger partial charge is 0.383 e. The Kier molecular flexibility index (Phi) is 10.3. The van der Waals surface area contributed by atoms with Crippen molar-refractivity contribution in [2.45, 2.75) is 25.6 Å². The third kappa shape index (κ3) is 9.35. The Morgan fingerprint density at radius 3 is 2.71 bits per heavy atom. The Labute approximate surface area is 140 Å². The zero-order valence-corrected chi connectivity index (χ0v) is 14.7. The van der Waals surface area contributed by atoms with Crippen LogP contribution in [0.15, 0.2) is 4.99 Å². The molecule has 2 N–H and O–H groups in total. The minimum atomic E-state index is -4.13. The van der Waals surface area contributed by atoms with Crippen molar-refractivity contribution in [3.05, 3.63) is 0 Å². The number of halogens is 4. The molecule has 0 amide bonds. The molecule has 0 saturated carbocycles. The number of hydrogen-bond acceptors (Lipinski definition) is 3. The van der Waals surface area contributed by atoms with Crippen molar-refractivity contribution >= 4 is 29.9 Å². The molecule has 0 spiro atoms. The molecule has 0 aromatic rings.